The van der Waals surface area contributed by atoms with Gasteiger partial charge in [0.05, 0.1) is 18.2 Å². The largest absolute Gasteiger partial charge is 0.329 e. The zero-order valence-electron chi connectivity index (χ0n) is 14.1. The number of imidazole rings is 1. The van der Waals surface area contributed by atoms with Crippen molar-refractivity contribution in [3.05, 3.63) is 23.8 Å². The van der Waals surface area contributed by atoms with Crippen LogP contribution >= 0.6 is 0 Å². The Morgan fingerprint density at radius 3 is 2.62 bits per heavy atom. The molecule has 1 aliphatic rings. The molecule has 118 valence electrons. The number of hydrogen-bond acceptors (Lipinski definition) is 2. The average molecular weight is 289 g/mol. The molecule has 0 atom stereocenters. The number of nitrogens with zero attached hydrogens (tertiary/aromatic N) is 2. The summed E-state index contributed by atoms with van der Waals surface area (Å²) in [5, 5.41) is 3.61. The third-order valence-corrected chi connectivity index (χ3v) is 4.43. The van der Waals surface area contributed by atoms with Crippen LogP contribution in [0.3, 0.4) is 0 Å². The molecule has 1 aromatic rings. The van der Waals surface area contributed by atoms with Crippen LogP contribution in [0.1, 0.15) is 71.5 Å². The summed E-state index contributed by atoms with van der Waals surface area (Å²) in [4.78, 5) is 4.33. The maximum Gasteiger partial charge on any atom is 0.0953 e. The van der Waals surface area contributed by atoms with Crippen LogP contribution in [0.2, 0.25) is 0 Å². The van der Waals surface area contributed by atoms with Crippen LogP contribution in [0.25, 0.3) is 6.08 Å². The van der Waals surface area contributed by atoms with Crippen LogP contribution in [0.5, 0.6) is 0 Å². The highest BCUT2D eigenvalue weighted by Gasteiger charge is 2.18. The van der Waals surface area contributed by atoms with Gasteiger partial charge >= 0.3 is 0 Å². The smallest absolute Gasteiger partial charge is 0.0953 e. The highest BCUT2D eigenvalue weighted by Crippen LogP contribution is 2.30. The Hall–Kier alpha value is -1.09. The molecule has 0 saturated heterocycles. The number of hydrogen-bond donors (Lipinski definition) is 1. The van der Waals surface area contributed by atoms with Crippen molar-refractivity contribution < 1.29 is 0 Å². The van der Waals surface area contributed by atoms with E-state index in [1.807, 2.05) is 12.5 Å². The molecule has 0 spiro atoms. The lowest BCUT2D eigenvalue weighted by atomic mass is 9.83. The molecule has 2 rings (SSSR count). The van der Waals surface area contributed by atoms with Gasteiger partial charge in [-0.2, -0.15) is 0 Å². The van der Waals surface area contributed by atoms with Gasteiger partial charge < -0.3 is 9.88 Å². The molecular weight excluding hydrogens is 258 g/mol. The SMILES string of the molecule is CC(C)NCC(=Cc1cncn1C(C)C)C1CCCCC1. The van der Waals surface area contributed by atoms with Crippen molar-refractivity contribution in [2.45, 2.75) is 71.9 Å². The summed E-state index contributed by atoms with van der Waals surface area (Å²) in [6, 6.07) is 0.997. The minimum Gasteiger partial charge on any atom is -0.329 e. The van der Waals surface area contributed by atoms with Gasteiger partial charge in [-0.25, -0.2) is 4.98 Å². The van der Waals surface area contributed by atoms with Gasteiger partial charge in [-0.15, -0.1) is 0 Å². The Kier molecular flexibility index (Phi) is 6.04. The maximum atomic E-state index is 4.33. The molecule has 1 aromatic heterocycles. The summed E-state index contributed by atoms with van der Waals surface area (Å²) in [6.45, 7) is 9.87. The first-order chi connectivity index (χ1) is 10.1. The first-order valence-corrected chi connectivity index (χ1v) is 8.53. The molecule has 3 nitrogen and oxygen atoms in total. The van der Waals surface area contributed by atoms with Gasteiger partial charge in [-0.1, -0.05) is 38.7 Å². The molecule has 1 fully saturated rings. The van der Waals surface area contributed by atoms with Gasteiger partial charge in [0.25, 0.3) is 0 Å². The molecule has 0 bridgehead atoms. The Balaban J connectivity index is 2.19. The maximum absolute atomic E-state index is 4.33. The van der Waals surface area contributed by atoms with Crippen LogP contribution in [0.15, 0.2) is 18.1 Å². The standard InChI is InChI=1S/C18H31N3/c1-14(2)20-11-17(16-8-6-5-7-9-16)10-18-12-19-13-21(18)15(3)4/h10,12-16,20H,5-9,11H2,1-4H3. The second kappa shape index (κ2) is 7.79. The van der Waals surface area contributed by atoms with E-state index in [9.17, 15) is 0 Å². The summed E-state index contributed by atoms with van der Waals surface area (Å²) in [5.74, 6) is 0.750. The lowest BCUT2D eigenvalue weighted by Crippen LogP contribution is -2.28. The van der Waals surface area contributed by atoms with Gasteiger partial charge in [0.15, 0.2) is 0 Å². The predicted molar refractivity (Wildman–Crippen MR) is 90.3 cm³/mol. The van der Waals surface area contributed by atoms with E-state index >= 15 is 0 Å². The molecular formula is C18H31N3. The van der Waals surface area contributed by atoms with E-state index < -0.39 is 0 Å². The van der Waals surface area contributed by atoms with E-state index in [1.54, 1.807) is 5.57 Å². The quantitative estimate of drug-likeness (QED) is 0.840. The summed E-state index contributed by atoms with van der Waals surface area (Å²) in [6.07, 6.45) is 13.2. The first kappa shape index (κ1) is 16.3. The number of nitrogens with one attached hydrogen (secondary N) is 1. The molecule has 21 heavy (non-hydrogen) atoms. The summed E-state index contributed by atoms with van der Waals surface area (Å²) < 4.78 is 2.26. The highest BCUT2D eigenvalue weighted by atomic mass is 15.1. The normalized spacial score (nSPS) is 17.9. The van der Waals surface area contributed by atoms with Gasteiger partial charge in [0.2, 0.25) is 0 Å². The lowest BCUT2D eigenvalue weighted by Gasteiger charge is -2.26. The lowest BCUT2D eigenvalue weighted by molar-refractivity contribution is 0.394. The minimum absolute atomic E-state index is 0.462. The van der Waals surface area contributed by atoms with Crippen LogP contribution in [0.4, 0.5) is 0 Å². The molecule has 1 N–H and O–H groups in total. The fourth-order valence-electron chi connectivity index (χ4n) is 3.16. The summed E-state index contributed by atoms with van der Waals surface area (Å²) >= 11 is 0. The van der Waals surface area contributed by atoms with Crippen LogP contribution in [0, 0.1) is 5.92 Å². The predicted octanol–water partition coefficient (Wildman–Crippen LogP) is 4.43. The summed E-state index contributed by atoms with van der Waals surface area (Å²) in [7, 11) is 0. The molecule has 1 aliphatic carbocycles. The van der Waals surface area contributed by atoms with E-state index in [1.165, 1.54) is 37.8 Å². The van der Waals surface area contributed by atoms with E-state index in [-0.39, 0.29) is 0 Å². The van der Waals surface area contributed by atoms with Gasteiger partial charge in [0, 0.05) is 18.6 Å². The number of aromatic nitrogens is 2. The average Bonchev–Trinajstić information content (AvgIpc) is 2.92. The third kappa shape index (κ3) is 4.70. The third-order valence-electron chi connectivity index (χ3n) is 4.43. The van der Waals surface area contributed by atoms with Crippen LogP contribution < -0.4 is 5.32 Å². The second-order valence-electron chi connectivity index (χ2n) is 6.91. The van der Waals surface area contributed by atoms with Crippen molar-refractivity contribution >= 4 is 6.08 Å². The van der Waals surface area contributed by atoms with Crippen molar-refractivity contribution in [3.8, 4) is 0 Å². The summed E-state index contributed by atoms with van der Waals surface area (Å²) in [5.41, 5.74) is 2.81. The van der Waals surface area contributed by atoms with E-state index in [0.29, 0.717) is 12.1 Å². The second-order valence-corrected chi connectivity index (χ2v) is 6.91. The van der Waals surface area contributed by atoms with Gasteiger partial charge in [-0.05, 0) is 38.7 Å². The minimum atomic E-state index is 0.462. The molecule has 1 heterocycles. The fourth-order valence-corrected chi connectivity index (χ4v) is 3.16. The van der Waals surface area contributed by atoms with E-state index in [4.69, 9.17) is 0 Å². The zero-order chi connectivity index (χ0) is 15.2. The Labute approximate surface area is 129 Å². The van der Waals surface area contributed by atoms with Gasteiger partial charge in [0.1, 0.15) is 0 Å². The molecule has 0 amide bonds. The van der Waals surface area contributed by atoms with Crippen molar-refractivity contribution in [1.29, 1.82) is 0 Å². The van der Waals surface area contributed by atoms with Crippen molar-refractivity contribution in [3.63, 3.8) is 0 Å². The van der Waals surface area contributed by atoms with Crippen molar-refractivity contribution in [1.82, 2.24) is 14.9 Å². The molecule has 0 aliphatic heterocycles. The van der Waals surface area contributed by atoms with E-state index in [0.717, 1.165) is 12.5 Å². The van der Waals surface area contributed by atoms with Crippen LogP contribution in [-0.4, -0.2) is 22.1 Å². The molecule has 1 saturated carbocycles. The fraction of sp³-hybridized carbons (Fsp3) is 0.722. The number of rotatable bonds is 6. The molecule has 3 heteroatoms. The first-order valence-electron chi connectivity index (χ1n) is 8.53. The topological polar surface area (TPSA) is 29.9 Å². The molecule has 0 unspecified atom stereocenters. The zero-order valence-corrected chi connectivity index (χ0v) is 14.1. The Morgan fingerprint density at radius 1 is 1.29 bits per heavy atom. The van der Waals surface area contributed by atoms with Crippen LogP contribution in [-0.2, 0) is 0 Å². The molecule has 0 aromatic carbocycles. The Morgan fingerprint density at radius 2 is 2.00 bits per heavy atom. The Bertz CT molecular complexity index is 451. The van der Waals surface area contributed by atoms with Gasteiger partial charge in [-0.3, -0.25) is 0 Å². The molecule has 0 radical (unpaired) electrons. The monoisotopic (exact) mass is 289 g/mol. The highest BCUT2D eigenvalue weighted by molar-refractivity contribution is 5.50. The van der Waals surface area contributed by atoms with Crippen molar-refractivity contribution in [2.24, 2.45) is 5.92 Å². The van der Waals surface area contributed by atoms with Crippen molar-refractivity contribution in [2.75, 3.05) is 6.54 Å². The van der Waals surface area contributed by atoms with E-state index in [2.05, 4.69) is 48.6 Å².